The van der Waals surface area contributed by atoms with Gasteiger partial charge in [0.25, 0.3) is 0 Å². The summed E-state index contributed by atoms with van der Waals surface area (Å²) in [6.45, 7) is 0. The molecule has 4 bridgehead atoms. The summed E-state index contributed by atoms with van der Waals surface area (Å²) >= 11 is 0. The van der Waals surface area contributed by atoms with Crippen molar-refractivity contribution in [2.75, 3.05) is 0 Å². The Labute approximate surface area is 145 Å². The summed E-state index contributed by atoms with van der Waals surface area (Å²) in [5.41, 5.74) is 0.718. The van der Waals surface area contributed by atoms with Crippen LogP contribution in [0.1, 0.15) is 57.0 Å². The van der Waals surface area contributed by atoms with E-state index >= 15 is 0 Å². The van der Waals surface area contributed by atoms with E-state index in [1.165, 1.54) is 36.7 Å². The largest absolute Gasteiger partial charge is 0.352 e. The maximum Gasteiger partial charge on any atom is 0.352 e. The van der Waals surface area contributed by atoms with Crippen molar-refractivity contribution in [2.45, 2.75) is 57.0 Å². The van der Waals surface area contributed by atoms with Crippen molar-refractivity contribution >= 4 is 0 Å². The molecule has 2 aliphatic heterocycles. The smallest absolute Gasteiger partial charge is 0.245 e. The molecule has 0 saturated heterocycles. The van der Waals surface area contributed by atoms with Gasteiger partial charge in [0.2, 0.25) is 0 Å². The van der Waals surface area contributed by atoms with Gasteiger partial charge >= 0.3 is 11.4 Å². The van der Waals surface area contributed by atoms with Gasteiger partial charge in [0.1, 0.15) is 0 Å². The summed E-state index contributed by atoms with van der Waals surface area (Å²) in [4.78, 5) is 26.5. The van der Waals surface area contributed by atoms with Gasteiger partial charge in [-0.25, -0.2) is 23.5 Å². The van der Waals surface area contributed by atoms with Gasteiger partial charge in [0.05, 0.1) is 17.8 Å². The summed E-state index contributed by atoms with van der Waals surface area (Å²) in [6, 6.07) is 9.85. The fourth-order valence-electron chi connectivity index (χ4n) is 6.98. The van der Waals surface area contributed by atoms with E-state index in [0.29, 0.717) is 17.0 Å². The molecule has 1 aromatic heterocycles. The molecule has 5 heteroatoms. The molecule has 25 heavy (non-hydrogen) atoms. The number of para-hydroxylation sites is 1. The zero-order valence-corrected chi connectivity index (χ0v) is 14.3. The lowest BCUT2D eigenvalue weighted by Gasteiger charge is -2.66. The van der Waals surface area contributed by atoms with E-state index in [2.05, 4.69) is 0 Å². The third kappa shape index (κ3) is 1.52. The van der Waals surface area contributed by atoms with Crippen molar-refractivity contribution in [2.24, 2.45) is 17.3 Å². The Hall–Kier alpha value is -2.04. The van der Waals surface area contributed by atoms with E-state index in [9.17, 15) is 9.59 Å². The van der Waals surface area contributed by atoms with Crippen molar-refractivity contribution in [1.29, 1.82) is 0 Å². The SMILES string of the molecule is O=c1n(-c2ccccc2)c(=O)n2n1[C@@H]1CC[C@@H]2[C@@]23CCCC[C@H](C2)[C@H]13. The number of nitrogens with zero attached hydrogens (tertiary/aromatic N) is 3. The minimum absolute atomic E-state index is 0.133. The summed E-state index contributed by atoms with van der Waals surface area (Å²) in [6.07, 6.45) is 8.56. The van der Waals surface area contributed by atoms with Crippen molar-refractivity contribution in [1.82, 2.24) is 13.9 Å². The van der Waals surface area contributed by atoms with Crippen molar-refractivity contribution < 1.29 is 0 Å². The van der Waals surface area contributed by atoms with E-state index in [4.69, 9.17) is 0 Å². The van der Waals surface area contributed by atoms with Crippen LogP contribution in [-0.4, -0.2) is 13.9 Å². The Kier molecular flexibility index (Phi) is 2.59. The first-order chi connectivity index (χ1) is 12.2. The molecule has 130 valence electrons. The Balaban J connectivity index is 1.61. The molecule has 3 aliphatic carbocycles. The van der Waals surface area contributed by atoms with Gasteiger partial charge in [-0.1, -0.05) is 37.5 Å². The Morgan fingerprint density at radius 2 is 1.72 bits per heavy atom. The van der Waals surface area contributed by atoms with Gasteiger partial charge in [-0.05, 0) is 55.1 Å². The van der Waals surface area contributed by atoms with Crippen LogP contribution in [0.4, 0.5) is 0 Å². The molecule has 3 heterocycles. The average Bonchev–Trinajstić information content (AvgIpc) is 2.81. The van der Waals surface area contributed by atoms with Gasteiger partial charge in [-0.2, -0.15) is 0 Å². The molecule has 0 N–H and O–H groups in total. The first kappa shape index (κ1) is 14.2. The van der Waals surface area contributed by atoms with Gasteiger partial charge in [0, 0.05) is 0 Å². The predicted molar refractivity (Wildman–Crippen MR) is 94.1 cm³/mol. The Morgan fingerprint density at radius 3 is 2.56 bits per heavy atom. The molecule has 3 saturated carbocycles. The number of benzene rings is 1. The summed E-state index contributed by atoms with van der Waals surface area (Å²) in [5.74, 6) is 1.39. The lowest BCUT2D eigenvalue weighted by Crippen LogP contribution is -2.64. The second-order valence-corrected chi connectivity index (χ2v) is 8.55. The molecule has 3 fully saturated rings. The summed E-state index contributed by atoms with van der Waals surface area (Å²) < 4.78 is 5.11. The molecule has 7 rings (SSSR count). The molecule has 5 atom stereocenters. The summed E-state index contributed by atoms with van der Waals surface area (Å²) in [5, 5.41) is 0. The third-order valence-electron chi connectivity index (χ3n) is 7.73. The molecular weight excluding hydrogens is 314 g/mol. The molecule has 0 radical (unpaired) electrons. The van der Waals surface area contributed by atoms with Crippen LogP contribution >= 0.6 is 0 Å². The normalized spacial score (nSPS) is 37.8. The number of hydrogen-bond acceptors (Lipinski definition) is 2. The molecule has 1 spiro atoms. The molecule has 5 aliphatic rings. The molecule has 0 unspecified atom stereocenters. The highest BCUT2D eigenvalue weighted by Gasteiger charge is 2.67. The van der Waals surface area contributed by atoms with Crippen molar-refractivity contribution in [3.05, 3.63) is 51.3 Å². The zero-order chi connectivity index (χ0) is 16.8. The maximum atomic E-state index is 13.2. The minimum Gasteiger partial charge on any atom is -0.245 e. The highest BCUT2D eigenvalue weighted by Crippen LogP contribution is 2.71. The van der Waals surface area contributed by atoms with Crippen LogP contribution in [0.3, 0.4) is 0 Å². The fraction of sp³-hybridized carbons (Fsp3) is 0.600. The minimum atomic E-state index is -0.135. The summed E-state index contributed by atoms with van der Waals surface area (Å²) in [7, 11) is 0. The Morgan fingerprint density at radius 1 is 0.920 bits per heavy atom. The van der Waals surface area contributed by atoms with E-state index in [1.807, 2.05) is 39.7 Å². The van der Waals surface area contributed by atoms with E-state index < -0.39 is 0 Å². The highest BCUT2D eigenvalue weighted by molar-refractivity contribution is 5.31. The van der Waals surface area contributed by atoms with Crippen LogP contribution in [0, 0.1) is 17.3 Å². The predicted octanol–water partition coefficient (Wildman–Crippen LogP) is 2.89. The first-order valence-corrected chi connectivity index (χ1v) is 9.74. The number of rotatable bonds is 1. The monoisotopic (exact) mass is 337 g/mol. The van der Waals surface area contributed by atoms with Crippen LogP contribution in [0.5, 0.6) is 0 Å². The lowest BCUT2D eigenvalue weighted by atomic mass is 9.44. The third-order valence-corrected chi connectivity index (χ3v) is 7.73. The van der Waals surface area contributed by atoms with Crippen LogP contribution < -0.4 is 11.4 Å². The Bertz CT molecular complexity index is 965. The fourth-order valence-corrected chi connectivity index (χ4v) is 6.98. The quantitative estimate of drug-likeness (QED) is 0.803. The van der Waals surface area contributed by atoms with E-state index in [-0.39, 0.29) is 23.5 Å². The topological polar surface area (TPSA) is 48.9 Å². The van der Waals surface area contributed by atoms with Crippen LogP contribution in [0.25, 0.3) is 5.69 Å². The molecule has 5 nitrogen and oxygen atoms in total. The van der Waals surface area contributed by atoms with Crippen LogP contribution in [-0.2, 0) is 0 Å². The number of fused-ring (bicyclic) bond motifs is 2. The number of hydrogen-bond donors (Lipinski definition) is 0. The van der Waals surface area contributed by atoms with Gasteiger partial charge < -0.3 is 0 Å². The van der Waals surface area contributed by atoms with Crippen LogP contribution in [0.15, 0.2) is 39.9 Å². The average molecular weight is 337 g/mol. The maximum absolute atomic E-state index is 13.2. The molecule has 1 aromatic carbocycles. The van der Waals surface area contributed by atoms with Gasteiger partial charge in [0.15, 0.2) is 0 Å². The molecule has 2 aromatic rings. The van der Waals surface area contributed by atoms with Crippen molar-refractivity contribution in [3.8, 4) is 5.69 Å². The molecular formula is C20H23N3O2. The standard InChI is InChI=1S/C20H23N3O2/c24-18-21(14-7-2-1-3-8-14)19(25)23-16-10-9-15(22(18)23)17-13-6-4-5-11-20(16,17)12-13/h1-3,7-8,13,15-17H,4-6,9-12H2/t13-,15-,16-,17-,20-/m1/s1. The first-order valence-electron chi connectivity index (χ1n) is 9.74. The van der Waals surface area contributed by atoms with E-state index in [1.54, 1.807) is 0 Å². The van der Waals surface area contributed by atoms with Gasteiger partial charge in [-0.3, -0.25) is 0 Å². The highest BCUT2D eigenvalue weighted by atomic mass is 16.2. The lowest BCUT2D eigenvalue weighted by molar-refractivity contribution is -0.181. The second-order valence-electron chi connectivity index (χ2n) is 8.55. The van der Waals surface area contributed by atoms with Crippen LogP contribution in [0.2, 0.25) is 0 Å². The van der Waals surface area contributed by atoms with Gasteiger partial charge in [-0.15, -0.1) is 0 Å². The zero-order valence-electron chi connectivity index (χ0n) is 14.3. The second kappa shape index (κ2) is 4.57. The number of aromatic nitrogens is 3. The van der Waals surface area contributed by atoms with Crippen molar-refractivity contribution in [3.63, 3.8) is 0 Å². The molecule has 0 amide bonds. The van der Waals surface area contributed by atoms with E-state index in [0.717, 1.165) is 18.8 Å².